The number of unbranched alkanes of at least 4 members (excludes halogenated alkanes) is 16. The van der Waals surface area contributed by atoms with Crippen molar-refractivity contribution in [3.05, 3.63) is 146 Å². The quantitative estimate of drug-likeness (QED) is 0.0374. The summed E-state index contributed by atoms with van der Waals surface area (Å²) < 4.78 is 10.7. The van der Waals surface area contributed by atoms with E-state index in [1.54, 1.807) is 0 Å². The molecule has 0 aliphatic heterocycles. The zero-order chi connectivity index (χ0) is 49.2. The van der Waals surface area contributed by atoms with Gasteiger partial charge in [-0.3, -0.25) is 9.59 Å². The van der Waals surface area contributed by atoms with Crippen molar-refractivity contribution < 1.29 is 24.2 Å². The molecule has 1 unspecified atom stereocenters. The maximum atomic E-state index is 12.3. The number of hydrogen-bond donors (Lipinski definition) is 1. The number of carbonyl (C=O) groups is 2. The molecule has 0 aliphatic carbocycles. The van der Waals surface area contributed by atoms with E-state index in [1.165, 1.54) is 70.6 Å². The molecule has 1 N–H and O–H groups in total. The summed E-state index contributed by atoms with van der Waals surface area (Å²) in [5.74, 6) is -0.622. The Bertz CT molecular complexity index is 1480. The minimum Gasteiger partial charge on any atom is -0.462 e. The summed E-state index contributed by atoms with van der Waals surface area (Å²) >= 11 is 0. The van der Waals surface area contributed by atoms with E-state index in [1.807, 2.05) is 0 Å². The van der Waals surface area contributed by atoms with E-state index in [0.717, 1.165) is 122 Å². The first-order valence-corrected chi connectivity index (χ1v) is 27.4. The van der Waals surface area contributed by atoms with Gasteiger partial charge < -0.3 is 14.6 Å². The summed E-state index contributed by atoms with van der Waals surface area (Å²) in [6.07, 6.45) is 86.5. The smallest absolute Gasteiger partial charge is 0.306 e. The molecule has 0 aliphatic rings. The molecule has 0 saturated heterocycles. The third-order valence-electron chi connectivity index (χ3n) is 11.1. The van der Waals surface area contributed by atoms with Gasteiger partial charge >= 0.3 is 11.9 Å². The first kappa shape index (κ1) is 63.8. The molecule has 0 amide bonds. The van der Waals surface area contributed by atoms with E-state index >= 15 is 0 Å². The highest BCUT2D eigenvalue weighted by Gasteiger charge is 2.16. The molecule has 382 valence electrons. The van der Waals surface area contributed by atoms with Gasteiger partial charge in [0.05, 0.1) is 6.61 Å². The van der Waals surface area contributed by atoms with Crippen molar-refractivity contribution in [2.45, 2.75) is 225 Å². The fraction of sp³-hybridized carbons (Fsp3) is 0.587. The predicted octanol–water partition coefficient (Wildman–Crippen LogP) is 18.6. The van der Waals surface area contributed by atoms with Crippen LogP contribution in [0.1, 0.15) is 219 Å². The third-order valence-corrected chi connectivity index (χ3v) is 11.1. The lowest BCUT2D eigenvalue weighted by Crippen LogP contribution is -2.28. The average Bonchev–Trinajstić information content (AvgIpc) is 3.34. The standard InChI is InChI=1S/C63H100O5/c1-3-5-7-9-11-13-15-17-19-21-23-25-27-28-29-30-31-32-33-34-36-38-40-42-44-46-48-50-52-54-56-58-63(66)68-61(59-64)60-67-62(65)57-55-53-51-49-47-45-43-41-39-37-35-26-24-22-20-18-16-14-12-10-8-6-4-2/h5-8,11-14,17-20,23-26,28-29,31-32,34,36,40,42,61,64H,3-4,9-10,15-16,21-22,27,30,33,35,37-39,41,43-60H2,1-2H3/b7-5-,8-6-,13-11-,14-12-,19-17-,20-18-,25-23-,26-24-,29-28-,32-31-,36-34-,42-40-. The molecule has 0 aromatic rings. The lowest BCUT2D eigenvalue weighted by Gasteiger charge is -2.15. The van der Waals surface area contributed by atoms with Gasteiger partial charge in [-0.15, -0.1) is 0 Å². The summed E-state index contributed by atoms with van der Waals surface area (Å²) in [6, 6.07) is 0. The highest BCUT2D eigenvalue weighted by atomic mass is 16.6. The van der Waals surface area contributed by atoms with Crippen LogP contribution >= 0.6 is 0 Å². The number of aliphatic hydroxyl groups is 1. The number of aliphatic hydroxyl groups excluding tert-OH is 1. The van der Waals surface area contributed by atoms with Crippen molar-refractivity contribution in [1.29, 1.82) is 0 Å². The van der Waals surface area contributed by atoms with Crippen LogP contribution in [-0.2, 0) is 19.1 Å². The van der Waals surface area contributed by atoms with Crippen molar-refractivity contribution >= 4 is 11.9 Å². The molecular formula is C63H100O5. The number of rotatable bonds is 48. The molecule has 0 rings (SSSR count). The fourth-order valence-electron chi connectivity index (χ4n) is 7.09. The normalized spacial score (nSPS) is 13.4. The second-order valence-electron chi connectivity index (χ2n) is 17.5. The first-order chi connectivity index (χ1) is 33.6. The van der Waals surface area contributed by atoms with E-state index in [2.05, 4.69) is 160 Å². The third kappa shape index (κ3) is 54.4. The summed E-state index contributed by atoms with van der Waals surface area (Å²) in [7, 11) is 0. The van der Waals surface area contributed by atoms with Crippen LogP contribution in [0.25, 0.3) is 0 Å². The number of allylic oxidation sites excluding steroid dienone is 24. The van der Waals surface area contributed by atoms with Crippen LogP contribution in [0.15, 0.2) is 146 Å². The molecule has 0 fully saturated rings. The number of carbonyl (C=O) groups excluding carboxylic acids is 2. The van der Waals surface area contributed by atoms with Gasteiger partial charge in [0.1, 0.15) is 6.61 Å². The maximum Gasteiger partial charge on any atom is 0.306 e. The van der Waals surface area contributed by atoms with E-state index < -0.39 is 6.10 Å². The molecular weight excluding hydrogens is 837 g/mol. The van der Waals surface area contributed by atoms with Crippen molar-refractivity contribution in [2.75, 3.05) is 13.2 Å². The van der Waals surface area contributed by atoms with Gasteiger partial charge in [0.2, 0.25) is 0 Å². The Labute approximate surface area is 418 Å². The molecule has 68 heavy (non-hydrogen) atoms. The molecule has 5 heteroatoms. The predicted molar refractivity (Wildman–Crippen MR) is 297 cm³/mol. The van der Waals surface area contributed by atoms with Crippen LogP contribution in [0.4, 0.5) is 0 Å². The highest BCUT2D eigenvalue weighted by molar-refractivity contribution is 5.70. The van der Waals surface area contributed by atoms with Crippen molar-refractivity contribution in [3.63, 3.8) is 0 Å². The Kier molecular flexibility index (Phi) is 53.6. The van der Waals surface area contributed by atoms with E-state index in [4.69, 9.17) is 9.47 Å². The lowest BCUT2D eigenvalue weighted by atomic mass is 10.1. The Morgan fingerprint density at radius 1 is 0.338 bits per heavy atom. The maximum absolute atomic E-state index is 12.3. The van der Waals surface area contributed by atoms with Gasteiger partial charge in [0.15, 0.2) is 6.10 Å². The van der Waals surface area contributed by atoms with Gasteiger partial charge in [-0.2, -0.15) is 0 Å². The molecule has 0 spiro atoms. The first-order valence-electron chi connectivity index (χ1n) is 27.4. The lowest BCUT2D eigenvalue weighted by molar-refractivity contribution is -0.161. The van der Waals surface area contributed by atoms with Crippen molar-refractivity contribution in [2.24, 2.45) is 0 Å². The van der Waals surface area contributed by atoms with Crippen LogP contribution in [0.3, 0.4) is 0 Å². The van der Waals surface area contributed by atoms with Gasteiger partial charge in [-0.1, -0.05) is 237 Å². The van der Waals surface area contributed by atoms with Crippen LogP contribution in [0, 0.1) is 0 Å². The Morgan fingerprint density at radius 3 is 0.882 bits per heavy atom. The zero-order valence-electron chi connectivity index (χ0n) is 43.6. The topological polar surface area (TPSA) is 72.8 Å². The van der Waals surface area contributed by atoms with Crippen LogP contribution in [-0.4, -0.2) is 36.4 Å². The molecule has 0 radical (unpaired) electrons. The van der Waals surface area contributed by atoms with E-state index in [9.17, 15) is 14.7 Å². The molecule has 0 aromatic carbocycles. The largest absolute Gasteiger partial charge is 0.462 e. The SMILES string of the molecule is CC/C=C\C/C=C\C/C=C\C/C=C\C/C=C\C/C=C\C/C=C\C/C=C\CCCCCCCCC(=O)OC(CO)COC(=O)CCCCCCCCCCCC/C=C\C/C=C\C/C=C\C/C=C\CC. The minimum atomic E-state index is -0.794. The molecule has 5 nitrogen and oxygen atoms in total. The van der Waals surface area contributed by atoms with Gasteiger partial charge in [-0.05, 0) is 116 Å². The molecule has 0 aromatic heterocycles. The van der Waals surface area contributed by atoms with Gasteiger partial charge in [0.25, 0.3) is 0 Å². The monoisotopic (exact) mass is 937 g/mol. The Morgan fingerprint density at radius 2 is 0.588 bits per heavy atom. The van der Waals surface area contributed by atoms with Crippen molar-refractivity contribution in [3.8, 4) is 0 Å². The van der Waals surface area contributed by atoms with E-state index in [-0.39, 0.29) is 25.2 Å². The van der Waals surface area contributed by atoms with Crippen LogP contribution in [0.5, 0.6) is 0 Å². The summed E-state index contributed by atoms with van der Waals surface area (Å²) in [5, 5.41) is 9.65. The summed E-state index contributed by atoms with van der Waals surface area (Å²) in [4.78, 5) is 24.5. The molecule has 1 atom stereocenters. The van der Waals surface area contributed by atoms with Crippen LogP contribution < -0.4 is 0 Å². The minimum absolute atomic E-state index is 0.0838. The molecule has 0 heterocycles. The molecule has 0 bridgehead atoms. The summed E-state index contributed by atoms with van der Waals surface area (Å²) in [6.45, 7) is 3.89. The number of ether oxygens (including phenoxy) is 2. The summed E-state index contributed by atoms with van der Waals surface area (Å²) in [5.41, 5.74) is 0. The number of esters is 2. The van der Waals surface area contributed by atoms with Crippen LogP contribution in [0.2, 0.25) is 0 Å². The Balaban J connectivity index is 3.62. The highest BCUT2D eigenvalue weighted by Crippen LogP contribution is 2.14. The second-order valence-corrected chi connectivity index (χ2v) is 17.5. The molecule has 0 saturated carbocycles. The second kappa shape index (κ2) is 57.1. The Hall–Kier alpha value is -4.22. The van der Waals surface area contributed by atoms with E-state index in [0.29, 0.717) is 12.8 Å². The fourth-order valence-corrected chi connectivity index (χ4v) is 7.09. The van der Waals surface area contributed by atoms with Crippen molar-refractivity contribution in [1.82, 2.24) is 0 Å². The zero-order valence-corrected chi connectivity index (χ0v) is 43.6. The van der Waals surface area contributed by atoms with Gasteiger partial charge in [-0.25, -0.2) is 0 Å². The average molecular weight is 937 g/mol. The van der Waals surface area contributed by atoms with Gasteiger partial charge in [0, 0.05) is 12.8 Å². The number of hydrogen-bond acceptors (Lipinski definition) is 5.